The number of carbonyl (C=O) groups is 1. The summed E-state index contributed by atoms with van der Waals surface area (Å²) in [6, 6.07) is 14.3. The highest BCUT2D eigenvalue weighted by atomic mass is 32.1. The maximum absolute atomic E-state index is 12.8. The highest BCUT2D eigenvalue weighted by molar-refractivity contribution is 7.10. The molecule has 0 spiro atoms. The molecule has 0 atom stereocenters. The number of hydrogen-bond acceptors (Lipinski definition) is 2. The van der Waals surface area contributed by atoms with Crippen LogP contribution < -0.4 is 0 Å². The summed E-state index contributed by atoms with van der Waals surface area (Å²) >= 11 is 1.80. The molecule has 24 heavy (non-hydrogen) atoms. The van der Waals surface area contributed by atoms with E-state index in [1.165, 1.54) is 21.8 Å². The third-order valence-electron chi connectivity index (χ3n) is 4.74. The van der Waals surface area contributed by atoms with Gasteiger partial charge in [-0.25, -0.2) is 0 Å². The normalized spacial score (nSPS) is 13.8. The average Bonchev–Trinajstić information content (AvgIpc) is 3.20. The van der Waals surface area contributed by atoms with E-state index in [2.05, 4.69) is 42.0 Å². The molecule has 0 bridgehead atoms. The Hall–Kier alpha value is -2.33. The molecule has 2 aromatic heterocycles. The molecule has 0 saturated heterocycles. The van der Waals surface area contributed by atoms with E-state index in [4.69, 9.17) is 0 Å². The quantitative estimate of drug-likeness (QED) is 0.683. The van der Waals surface area contributed by atoms with Crippen LogP contribution in [0, 0.1) is 13.8 Å². The Labute approximate surface area is 146 Å². The van der Waals surface area contributed by atoms with Crippen LogP contribution in [0.2, 0.25) is 0 Å². The molecule has 3 heterocycles. The zero-order chi connectivity index (χ0) is 16.7. The molecule has 3 aromatic rings. The van der Waals surface area contributed by atoms with Gasteiger partial charge in [0.05, 0.1) is 0 Å². The van der Waals surface area contributed by atoms with Crippen LogP contribution in [-0.4, -0.2) is 21.9 Å². The van der Waals surface area contributed by atoms with Crippen molar-refractivity contribution in [3.8, 4) is 5.69 Å². The van der Waals surface area contributed by atoms with Crippen LogP contribution in [0.4, 0.5) is 0 Å². The van der Waals surface area contributed by atoms with E-state index in [1.807, 2.05) is 29.2 Å². The molecule has 4 rings (SSSR count). The summed E-state index contributed by atoms with van der Waals surface area (Å²) in [6.07, 6.45) is 0.971. The highest BCUT2D eigenvalue weighted by Crippen LogP contribution is 2.25. The Bertz CT molecular complexity index is 869. The first kappa shape index (κ1) is 15.2. The van der Waals surface area contributed by atoms with E-state index in [1.54, 1.807) is 11.3 Å². The fourth-order valence-electron chi connectivity index (χ4n) is 3.43. The van der Waals surface area contributed by atoms with E-state index in [9.17, 15) is 4.79 Å². The Balaban J connectivity index is 1.56. The summed E-state index contributed by atoms with van der Waals surface area (Å²) in [7, 11) is 0. The second-order valence-electron chi connectivity index (χ2n) is 6.34. The third kappa shape index (κ3) is 2.57. The van der Waals surface area contributed by atoms with Gasteiger partial charge in [0.15, 0.2) is 0 Å². The smallest absolute Gasteiger partial charge is 0.254 e. The van der Waals surface area contributed by atoms with Crippen LogP contribution in [0.5, 0.6) is 0 Å². The van der Waals surface area contributed by atoms with E-state index in [-0.39, 0.29) is 5.91 Å². The fourth-order valence-corrected chi connectivity index (χ4v) is 4.32. The zero-order valence-electron chi connectivity index (χ0n) is 14.0. The first-order chi connectivity index (χ1) is 11.6. The van der Waals surface area contributed by atoms with Crippen molar-refractivity contribution >= 4 is 17.2 Å². The number of fused-ring (bicyclic) bond motifs is 1. The number of carbonyl (C=O) groups excluding carboxylic acids is 1. The van der Waals surface area contributed by atoms with Crippen molar-refractivity contribution in [2.45, 2.75) is 26.8 Å². The van der Waals surface area contributed by atoms with Gasteiger partial charge in [0, 0.05) is 40.6 Å². The third-order valence-corrected chi connectivity index (χ3v) is 5.76. The van der Waals surface area contributed by atoms with Crippen molar-refractivity contribution in [1.82, 2.24) is 9.47 Å². The number of aryl methyl sites for hydroxylation is 2. The van der Waals surface area contributed by atoms with Crippen LogP contribution in [0.25, 0.3) is 5.69 Å². The van der Waals surface area contributed by atoms with Gasteiger partial charge in [-0.05, 0) is 73.7 Å². The van der Waals surface area contributed by atoms with Gasteiger partial charge in [-0.2, -0.15) is 0 Å². The molecule has 1 aromatic carbocycles. The number of hydrogen-bond donors (Lipinski definition) is 0. The van der Waals surface area contributed by atoms with Crippen molar-refractivity contribution in [3.63, 3.8) is 0 Å². The van der Waals surface area contributed by atoms with Crippen molar-refractivity contribution in [2.24, 2.45) is 0 Å². The Kier molecular flexibility index (Phi) is 3.77. The topological polar surface area (TPSA) is 25.2 Å². The number of amides is 1. The second kappa shape index (κ2) is 5.95. The molecule has 122 valence electrons. The Morgan fingerprint density at radius 1 is 1.00 bits per heavy atom. The molecule has 0 unspecified atom stereocenters. The molecule has 0 radical (unpaired) electrons. The van der Waals surface area contributed by atoms with Crippen LogP contribution in [0.1, 0.15) is 32.2 Å². The largest absolute Gasteiger partial charge is 0.334 e. The molecule has 0 N–H and O–H groups in total. The van der Waals surface area contributed by atoms with Crippen molar-refractivity contribution < 1.29 is 4.79 Å². The number of rotatable bonds is 2. The summed E-state index contributed by atoms with van der Waals surface area (Å²) in [4.78, 5) is 16.2. The van der Waals surface area contributed by atoms with Gasteiger partial charge in [-0.1, -0.05) is 0 Å². The predicted molar refractivity (Wildman–Crippen MR) is 98.0 cm³/mol. The second-order valence-corrected chi connectivity index (χ2v) is 7.34. The lowest BCUT2D eigenvalue weighted by atomic mass is 10.1. The molecule has 1 aliphatic heterocycles. The van der Waals surface area contributed by atoms with Crippen LogP contribution in [0.3, 0.4) is 0 Å². The number of benzene rings is 1. The minimum absolute atomic E-state index is 0.124. The van der Waals surface area contributed by atoms with Gasteiger partial charge in [0.2, 0.25) is 0 Å². The van der Waals surface area contributed by atoms with E-state index in [0.717, 1.165) is 30.8 Å². The summed E-state index contributed by atoms with van der Waals surface area (Å²) in [6.45, 7) is 5.73. The molecule has 0 fully saturated rings. The number of nitrogens with zero attached hydrogens (tertiary/aromatic N) is 2. The van der Waals surface area contributed by atoms with Crippen molar-refractivity contribution in [2.75, 3.05) is 6.54 Å². The minimum Gasteiger partial charge on any atom is -0.334 e. The molecular weight excluding hydrogens is 316 g/mol. The summed E-state index contributed by atoms with van der Waals surface area (Å²) < 4.78 is 2.20. The number of thiophene rings is 1. The SMILES string of the molecule is Cc1ccc(C)n1-c1ccc(C(=O)N2CCc3sccc3C2)cc1. The van der Waals surface area contributed by atoms with Crippen LogP contribution in [-0.2, 0) is 13.0 Å². The van der Waals surface area contributed by atoms with E-state index < -0.39 is 0 Å². The van der Waals surface area contributed by atoms with Gasteiger partial charge in [-0.3, -0.25) is 4.79 Å². The van der Waals surface area contributed by atoms with Crippen LogP contribution >= 0.6 is 11.3 Å². The highest BCUT2D eigenvalue weighted by Gasteiger charge is 2.22. The first-order valence-corrected chi connectivity index (χ1v) is 9.11. The molecule has 3 nitrogen and oxygen atoms in total. The first-order valence-electron chi connectivity index (χ1n) is 8.23. The Morgan fingerprint density at radius 2 is 1.71 bits per heavy atom. The lowest BCUT2D eigenvalue weighted by Gasteiger charge is -2.27. The number of aromatic nitrogens is 1. The van der Waals surface area contributed by atoms with Gasteiger partial charge in [0.25, 0.3) is 5.91 Å². The van der Waals surface area contributed by atoms with Crippen molar-refractivity contribution in [1.29, 1.82) is 0 Å². The monoisotopic (exact) mass is 336 g/mol. The molecular formula is C20H20N2OS. The summed E-state index contributed by atoms with van der Waals surface area (Å²) in [5, 5.41) is 2.12. The van der Waals surface area contributed by atoms with Gasteiger partial charge in [0.1, 0.15) is 0 Å². The van der Waals surface area contributed by atoms with E-state index >= 15 is 0 Å². The summed E-state index contributed by atoms with van der Waals surface area (Å²) in [5.41, 5.74) is 5.57. The fraction of sp³-hybridized carbons (Fsp3) is 0.250. The van der Waals surface area contributed by atoms with Gasteiger partial charge >= 0.3 is 0 Å². The lowest BCUT2D eigenvalue weighted by Crippen LogP contribution is -2.35. The molecule has 4 heteroatoms. The summed E-state index contributed by atoms with van der Waals surface area (Å²) in [5.74, 6) is 0.124. The molecule has 0 saturated carbocycles. The van der Waals surface area contributed by atoms with Gasteiger partial charge < -0.3 is 9.47 Å². The Morgan fingerprint density at radius 3 is 2.42 bits per heavy atom. The predicted octanol–water partition coefficient (Wildman–Crippen LogP) is 4.35. The maximum atomic E-state index is 12.8. The standard InChI is InChI=1S/C20H20N2OS/c1-14-3-4-15(2)22(14)18-7-5-16(6-8-18)20(23)21-11-9-19-17(13-21)10-12-24-19/h3-8,10,12H,9,11,13H2,1-2H3. The maximum Gasteiger partial charge on any atom is 0.254 e. The van der Waals surface area contributed by atoms with E-state index in [0.29, 0.717) is 0 Å². The molecule has 1 aliphatic rings. The zero-order valence-corrected chi connectivity index (χ0v) is 14.8. The molecule has 1 amide bonds. The minimum atomic E-state index is 0.124. The van der Waals surface area contributed by atoms with Crippen LogP contribution in [0.15, 0.2) is 47.8 Å². The lowest BCUT2D eigenvalue weighted by molar-refractivity contribution is 0.0736. The van der Waals surface area contributed by atoms with Gasteiger partial charge in [-0.15, -0.1) is 11.3 Å². The van der Waals surface area contributed by atoms with Crippen molar-refractivity contribution in [3.05, 3.63) is 75.2 Å². The molecule has 0 aliphatic carbocycles. The average molecular weight is 336 g/mol.